The summed E-state index contributed by atoms with van der Waals surface area (Å²) in [6, 6.07) is 16.7. The minimum absolute atomic E-state index is 0. The van der Waals surface area contributed by atoms with Crippen molar-refractivity contribution in [1.29, 1.82) is 0 Å². The molecule has 3 aromatic carbocycles. The zero-order valence-electron chi connectivity index (χ0n) is 35.8. The number of allylic oxidation sites excluding steroid dienone is 8. The van der Waals surface area contributed by atoms with E-state index in [0.29, 0.717) is 52.4 Å². The van der Waals surface area contributed by atoms with Crippen LogP contribution in [0.15, 0.2) is 102 Å². The van der Waals surface area contributed by atoms with Gasteiger partial charge in [0.2, 0.25) is 5.69 Å². The topological polar surface area (TPSA) is 202 Å². The first-order valence-electron chi connectivity index (χ1n) is 20.2. The van der Waals surface area contributed by atoms with Crippen LogP contribution in [0.1, 0.15) is 104 Å². The molecular weight excluding hydrogens is 824 g/mol. The van der Waals surface area contributed by atoms with Crippen LogP contribution in [0.4, 0.5) is 11.4 Å². The molecule has 320 valence electrons. The molecule has 1 aliphatic carbocycles. The Morgan fingerprint density at radius 1 is 0.871 bits per heavy atom. The smallest absolute Gasteiger partial charge is 0.748 e. The first-order valence-corrected chi connectivity index (χ1v) is 21.7. The average molecular weight is 874 g/mol. The van der Waals surface area contributed by atoms with Gasteiger partial charge in [-0.25, -0.2) is 18.0 Å². The quantitative estimate of drug-likeness (QED) is 0.0767. The van der Waals surface area contributed by atoms with Crippen molar-refractivity contribution in [2.45, 2.75) is 77.6 Å². The van der Waals surface area contributed by atoms with Crippen LogP contribution < -0.4 is 39.2 Å². The second kappa shape index (κ2) is 19.1. The Morgan fingerprint density at radius 2 is 1.55 bits per heavy atom. The van der Waals surface area contributed by atoms with E-state index in [2.05, 4.69) is 25.3 Å². The number of nitrogens with zero attached hydrogens (tertiary/aromatic N) is 2. The van der Waals surface area contributed by atoms with Crippen molar-refractivity contribution in [2.75, 3.05) is 23.7 Å². The maximum absolute atomic E-state index is 12.9. The van der Waals surface area contributed by atoms with E-state index in [4.69, 9.17) is 4.74 Å². The molecule has 0 fully saturated rings. The van der Waals surface area contributed by atoms with Gasteiger partial charge in [-0.05, 0) is 109 Å². The third kappa shape index (κ3) is 9.90. The third-order valence-electron chi connectivity index (χ3n) is 11.9. The monoisotopic (exact) mass is 873 g/mol. The first kappa shape index (κ1) is 47.9. The zero-order valence-corrected chi connectivity index (χ0v) is 38.6. The SMILES string of the molecule is CCCC[N+]1=C(/C=C/C2=C(c3ccc(C(=O)O)cc3)C(=C/C=C3/N(CCCS(=O)(=O)[O-])c4ccc(C(=O)O)cc4C3(C)C)/CC(C(=O)O)C2)C(C)(C)c2cc(OC=O)ccc21.[Na+]. The number of hydrogen-bond acceptors (Lipinski definition) is 9. The molecule has 1 unspecified atom stereocenters. The second-order valence-electron chi connectivity index (χ2n) is 16.6. The van der Waals surface area contributed by atoms with Gasteiger partial charge in [-0.2, -0.15) is 4.58 Å². The van der Waals surface area contributed by atoms with Crippen LogP contribution in [0.3, 0.4) is 0 Å². The molecule has 0 saturated carbocycles. The molecule has 13 nitrogen and oxygen atoms in total. The van der Waals surface area contributed by atoms with Gasteiger partial charge in [0.05, 0.1) is 32.6 Å². The molecule has 15 heteroatoms. The van der Waals surface area contributed by atoms with Gasteiger partial charge in [0, 0.05) is 53.2 Å². The Labute approximate surface area is 383 Å². The van der Waals surface area contributed by atoms with Gasteiger partial charge >= 0.3 is 47.5 Å². The Bertz CT molecular complexity index is 2570. The number of carboxylic acids is 3. The number of carboxylic acid groups (broad SMARTS) is 3. The fraction of sp³-hybridized carbons (Fsp3) is 0.340. The minimum atomic E-state index is -4.51. The van der Waals surface area contributed by atoms with Crippen molar-refractivity contribution >= 4 is 57.2 Å². The summed E-state index contributed by atoms with van der Waals surface area (Å²) in [5.41, 5.74) is 6.51. The maximum Gasteiger partial charge on any atom is 1.00 e. The molecule has 2 heterocycles. The van der Waals surface area contributed by atoms with Crippen molar-refractivity contribution in [3.63, 3.8) is 0 Å². The largest absolute Gasteiger partial charge is 1.00 e. The van der Waals surface area contributed by atoms with Crippen LogP contribution in [0.5, 0.6) is 5.75 Å². The Hall–Kier alpha value is -5.12. The minimum Gasteiger partial charge on any atom is -0.748 e. The van der Waals surface area contributed by atoms with Crippen LogP contribution in [-0.2, 0) is 30.5 Å². The summed E-state index contributed by atoms with van der Waals surface area (Å²) >= 11 is 0. The fourth-order valence-corrected chi connectivity index (χ4v) is 9.27. The van der Waals surface area contributed by atoms with Crippen LogP contribution in [-0.4, -0.2) is 81.8 Å². The summed E-state index contributed by atoms with van der Waals surface area (Å²) in [5, 5.41) is 30.1. The van der Waals surface area contributed by atoms with Crippen LogP contribution in [0.2, 0.25) is 0 Å². The first-order chi connectivity index (χ1) is 28.8. The number of hydrogen-bond donors (Lipinski definition) is 3. The van der Waals surface area contributed by atoms with Gasteiger partial charge in [-0.1, -0.05) is 51.5 Å². The van der Waals surface area contributed by atoms with Gasteiger partial charge in [-0.3, -0.25) is 9.59 Å². The van der Waals surface area contributed by atoms with Gasteiger partial charge < -0.3 is 29.5 Å². The van der Waals surface area contributed by atoms with E-state index in [1.807, 2.05) is 55.2 Å². The van der Waals surface area contributed by atoms with Crippen molar-refractivity contribution in [3.05, 3.63) is 130 Å². The number of benzene rings is 3. The van der Waals surface area contributed by atoms with Crippen molar-refractivity contribution in [2.24, 2.45) is 5.92 Å². The molecule has 0 radical (unpaired) electrons. The van der Waals surface area contributed by atoms with Gasteiger partial charge in [-0.15, -0.1) is 0 Å². The number of rotatable bonds is 16. The molecule has 0 spiro atoms. The molecule has 0 saturated heterocycles. The van der Waals surface area contributed by atoms with E-state index >= 15 is 0 Å². The van der Waals surface area contributed by atoms with E-state index in [1.54, 1.807) is 30.3 Å². The predicted octanol–water partition coefficient (Wildman–Crippen LogP) is 4.85. The molecule has 6 rings (SSSR count). The standard InChI is InChI=1S/C47H50N2O11S.Na/c1-6-7-21-48-39-18-16-35(60-28-50)27-37(39)47(4,5)41(48)20-15-32-25-34(45(55)56)24-31(42(32)29-9-11-30(12-10-29)43(51)52)14-19-40-46(2,3)36-26-33(44(53)54)13-17-38(36)49(40)22-8-23-61(57,58)59;/h9-20,26-28,34H,6-8,21-25H2,1-5H3,(H3-,51,52,53,54,55,56,57,58,59);/q;+1. The fourth-order valence-electron chi connectivity index (χ4n) is 8.79. The summed E-state index contributed by atoms with van der Waals surface area (Å²) < 4.78 is 42.3. The molecule has 0 bridgehead atoms. The van der Waals surface area contributed by atoms with E-state index in [9.17, 15) is 47.5 Å². The number of carbonyl (C=O) groups excluding carboxylic acids is 1. The number of ether oxygens (including phenoxy) is 1. The van der Waals surface area contributed by atoms with Crippen molar-refractivity contribution in [1.82, 2.24) is 0 Å². The number of carbonyl (C=O) groups is 4. The summed E-state index contributed by atoms with van der Waals surface area (Å²) in [4.78, 5) is 49.9. The summed E-state index contributed by atoms with van der Waals surface area (Å²) in [5.74, 6) is -4.20. The summed E-state index contributed by atoms with van der Waals surface area (Å²) in [6.07, 6.45) is 9.79. The molecule has 3 N–H and O–H groups in total. The molecule has 3 aliphatic rings. The van der Waals surface area contributed by atoms with E-state index in [0.717, 1.165) is 35.4 Å². The summed E-state index contributed by atoms with van der Waals surface area (Å²) in [6.45, 7) is 11.3. The number of aliphatic carboxylic acids is 1. The van der Waals surface area contributed by atoms with Crippen molar-refractivity contribution in [3.8, 4) is 5.75 Å². The molecule has 0 amide bonds. The molecular formula is C47H50N2NaO11S+. The van der Waals surface area contributed by atoms with E-state index < -0.39 is 50.5 Å². The van der Waals surface area contributed by atoms with Gasteiger partial charge in [0.15, 0.2) is 5.71 Å². The summed E-state index contributed by atoms with van der Waals surface area (Å²) in [7, 11) is -4.51. The van der Waals surface area contributed by atoms with Gasteiger partial charge in [0.25, 0.3) is 6.47 Å². The van der Waals surface area contributed by atoms with Crippen LogP contribution >= 0.6 is 0 Å². The number of fused-ring (bicyclic) bond motifs is 2. The van der Waals surface area contributed by atoms with E-state index in [1.165, 1.54) is 18.2 Å². The zero-order chi connectivity index (χ0) is 44.4. The maximum atomic E-state index is 12.9. The Morgan fingerprint density at radius 3 is 2.16 bits per heavy atom. The third-order valence-corrected chi connectivity index (χ3v) is 12.7. The number of unbranched alkanes of at least 4 members (excludes halogenated alkanes) is 1. The number of anilines is 1. The molecule has 62 heavy (non-hydrogen) atoms. The van der Waals surface area contributed by atoms with Crippen molar-refractivity contribution < 1.29 is 86.3 Å². The van der Waals surface area contributed by atoms with Crippen LogP contribution in [0.25, 0.3) is 5.57 Å². The normalized spacial score (nSPS) is 19.1. The van der Waals surface area contributed by atoms with Gasteiger partial charge in [0.1, 0.15) is 12.3 Å². The molecule has 1 atom stereocenters. The number of aromatic carboxylic acids is 2. The average Bonchev–Trinajstić information content (AvgIpc) is 3.54. The molecule has 0 aromatic heterocycles. The Balaban J connectivity index is 0.00000726. The Kier molecular flexibility index (Phi) is 14.8. The molecule has 3 aromatic rings. The van der Waals surface area contributed by atoms with Crippen LogP contribution in [0, 0.1) is 5.92 Å². The second-order valence-corrected chi connectivity index (χ2v) is 18.2. The van der Waals surface area contributed by atoms with E-state index in [-0.39, 0.29) is 66.5 Å². The molecule has 2 aliphatic heterocycles. The predicted molar refractivity (Wildman–Crippen MR) is 230 cm³/mol.